The van der Waals surface area contributed by atoms with E-state index >= 15 is 0 Å². The van der Waals surface area contributed by atoms with Crippen LogP contribution in [0.5, 0.6) is 0 Å². The van der Waals surface area contributed by atoms with Crippen molar-refractivity contribution in [1.29, 1.82) is 0 Å². The zero-order valence-electron chi connectivity index (χ0n) is 27.3. The third kappa shape index (κ3) is 18.4. The molecule has 0 spiro atoms. The summed E-state index contributed by atoms with van der Waals surface area (Å²) in [6.45, 7) is 8.35. The van der Waals surface area contributed by atoms with Crippen LogP contribution >= 0.6 is 9.90 Å². The van der Waals surface area contributed by atoms with Crippen LogP contribution in [0.25, 0.3) is 11.1 Å². The van der Waals surface area contributed by atoms with Crippen LogP contribution < -0.4 is 29.6 Å². The summed E-state index contributed by atoms with van der Waals surface area (Å²) in [5.74, 6) is -1.61. The smallest absolute Gasteiger partial charge is 1.00 e. The van der Waals surface area contributed by atoms with Crippen molar-refractivity contribution in [2.24, 2.45) is 11.8 Å². The van der Waals surface area contributed by atoms with Gasteiger partial charge in [0.15, 0.2) is 5.25 Å². The van der Waals surface area contributed by atoms with E-state index in [-0.39, 0.29) is 65.9 Å². The minimum atomic E-state index is -4.76. The molecule has 0 aromatic heterocycles. The second-order valence-corrected chi connectivity index (χ2v) is 11.7. The molecule has 0 saturated carbocycles. The third-order valence-electron chi connectivity index (χ3n) is 6.88. The maximum Gasteiger partial charge on any atom is 1.00 e. The molecule has 10 heteroatoms. The Labute approximate surface area is 281 Å². The van der Waals surface area contributed by atoms with Gasteiger partial charge in [-0.2, -0.15) is 18.3 Å². The maximum absolute atomic E-state index is 12.2. The molecule has 0 aliphatic heterocycles. The normalized spacial score (nSPS) is 12.7. The summed E-state index contributed by atoms with van der Waals surface area (Å²) in [5.41, 5.74) is 2.55. The van der Waals surface area contributed by atoms with E-state index < -0.39 is 33.7 Å². The average molecular weight is 635 g/mol. The molecule has 7 nitrogen and oxygen atoms in total. The number of esters is 2. The molecular formula is C32H52NaO7PS. The summed E-state index contributed by atoms with van der Waals surface area (Å²) in [5, 5.41) is -1.95. The topological polar surface area (TPSA) is 107 Å². The number of ether oxygens (including phenoxy) is 2. The fourth-order valence-electron chi connectivity index (χ4n) is 4.08. The van der Waals surface area contributed by atoms with E-state index in [1.807, 2.05) is 26.0 Å². The summed E-state index contributed by atoms with van der Waals surface area (Å²) in [6, 6.07) is 20.8. The minimum absolute atomic E-state index is 0. The van der Waals surface area contributed by atoms with Crippen LogP contribution in [0.4, 0.5) is 0 Å². The Bertz CT molecular complexity index is 1040. The average Bonchev–Trinajstić information content (AvgIpc) is 2.96. The monoisotopic (exact) mass is 634 g/mol. The van der Waals surface area contributed by atoms with Crippen molar-refractivity contribution in [2.75, 3.05) is 13.2 Å². The van der Waals surface area contributed by atoms with Crippen LogP contribution in [-0.2, 0) is 29.2 Å². The van der Waals surface area contributed by atoms with Gasteiger partial charge in [0, 0.05) is 0 Å². The molecule has 2 rings (SSSR count). The summed E-state index contributed by atoms with van der Waals surface area (Å²) < 4.78 is 42.8. The van der Waals surface area contributed by atoms with Gasteiger partial charge in [0.25, 0.3) is 10.1 Å². The van der Waals surface area contributed by atoms with E-state index in [1.165, 1.54) is 11.1 Å². The Balaban J connectivity index is -0.000000888. The van der Waals surface area contributed by atoms with E-state index in [2.05, 4.69) is 62.4 Å². The van der Waals surface area contributed by atoms with Gasteiger partial charge >= 0.3 is 41.5 Å². The Morgan fingerprint density at radius 1 is 0.762 bits per heavy atom. The van der Waals surface area contributed by atoms with Crippen molar-refractivity contribution < 1.29 is 63.0 Å². The first kappa shape index (κ1) is 42.9. The molecule has 0 aliphatic rings. The number of carbonyl (C=O) groups excluding carboxylic acids is 2. The van der Waals surface area contributed by atoms with Crippen LogP contribution in [0, 0.1) is 11.8 Å². The molecule has 0 radical (unpaired) electrons. The van der Waals surface area contributed by atoms with E-state index in [0.717, 1.165) is 51.4 Å². The molecule has 0 aliphatic carbocycles. The van der Waals surface area contributed by atoms with Gasteiger partial charge in [-0.1, -0.05) is 127 Å². The van der Waals surface area contributed by atoms with Gasteiger partial charge in [0.05, 0.1) is 19.6 Å². The third-order valence-corrected chi connectivity index (χ3v) is 7.96. The number of unbranched alkanes of at least 4 members (excludes halogenated alkanes) is 2. The molecule has 1 N–H and O–H groups in total. The van der Waals surface area contributed by atoms with Crippen LogP contribution in [0.2, 0.25) is 0 Å². The molecule has 0 bridgehead atoms. The fraction of sp³-hybridized carbons (Fsp3) is 0.562. The van der Waals surface area contributed by atoms with E-state index in [4.69, 9.17) is 9.47 Å². The standard InChI is InChI=1S/C20H38O7S.C12H10.Na.H3P.H/c1-5-9-11-16(7-3)14-26-19(21)13-18(28(23,24)25)20(22)27-15-17(8-4)12-10-6-2;1-3-7-11(8-4-1)12-9-5-2-6-10-12;;;/h16-18H,5-15H2,1-4H3,(H,23,24,25);1-10H;;1H3;/q;;+1;;-1. The first-order valence-electron chi connectivity index (χ1n) is 14.5. The molecule has 234 valence electrons. The van der Waals surface area contributed by atoms with Gasteiger partial charge < -0.3 is 10.9 Å². The molecule has 4 atom stereocenters. The van der Waals surface area contributed by atoms with E-state index in [0.29, 0.717) is 0 Å². The summed E-state index contributed by atoms with van der Waals surface area (Å²) >= 11 is 0. The number of benzene rings is 2. The van der Waals surface area contributed by atoms with Gasteiger partial charge in [-0.15, -0.1) is 0 Å². The van der Waals surface area contributed by atoms with Crippen molar-refractivity contribution in [1.82, 2.24) is 0 Å². The largest absolute Gasteiger partial charge is 1.00 e. The molecule has 0 fully saturated rings. The summed E-state index contributed by atoms with van der Waals surface area (Å²) in [6.07, 6.45) is 6.74. The summed E-state index contributed by atoms with van der Waals surface area (Å²) in [7, 11) is -4.76. The van der Waals surface area contributed by atoms with Crippen molar-refractivity contribution in [2.45, 2.75) is 90.7 Å². The maximum atomic E-state index is 12.2. The van der Waals surface area contributed by atoms with Crippen LogP contribution in [-0.4, -0.2) is 43.4 Å². The van der Waals surface area contributed by atoms with E-state index in [9.17, 15) is 22.6 Å². The zero-order valence-corrected chi connectivity index (χ0v) is 30.5. The zero-order chi connectivity index (χ0) is 29.8. The SMILES string of the molecule is CCCCC(CC)COC(=O)CC(C(=O)OCC(CC)CCCC)S(=O)(=O)O.P.[H-].[Na+].c1ccc(-c2ccccc2)cc1. The predicted octanol–water partition coefficient (Wildman–Crippen LogP) is 4.68. The molecule has 0 amide bonds. The van der Waals surface area contributed by atoms with Gasteiger partial charge in [0.1, 0.15) is 0 Å². The van der Waals surface area contributed by atoms with Gasteiger partial charge in [-0.25, -0.2) is 0 Å². The van der Waals surface area contributed by atoms with Gasteiger partial charge in [0.2, 0.25) is 0 Å². The number of hydrogen-bond donors (Lipinski definition) is 1. The van der Waals surface area contributed by atoms with E-state index in [1.54, 1.807) is 0 Å². The van der Waals surface area contributed by atoms with Crippen molar-refractivity contribution in [3.63, 3.8) is 0 Å². The molecule has 0 saturated heterocycles. The molecule has 42 heavy (non-hydrogen) atoms. The first-order chi connectivity index (χ1) is 19.2. The predicted molar refractivity (Wildman–Crippen MR) is 173 cm³/mol. The first-order valence-corrected chi connectivity index (χ1v) is 16.0. The Kier molecular flexibility index (Phi) is 25.6. The Morgan fingerprint density at radius 3 is 1.52 bits per heavy atom. The van der Waals surface area contributed by atoms with Gasteiger partial charge in [-0.05, 0) is 35.8 Å². The second-order valence-electron chi connectivity index (χ2n) is 10.1. The quantitative estimate of drug-likeness (QED) is 0.117. The van der Waals surface area contributed by atoms with Crippen molar-refractivity contribution in [3.05, 3.63) is 60.7 Å². The molecular weight excluding hydrogens is 582 g/mol. The minimum Gasteiger partial charge on any atom is -1.00 e. The number of hydrogen-bond acceptors (Lipinski definition) is 6. The van der Waals surface area contributed by atoms with Gasteiger partial charge in [-0.3, -0.25) is 14.1 Å². The van der Waals surface area contributed by atoms with Crippen molar-refractivity contribution >= 4 is 32.0 Å². The number of carbonyl (C=O) groups is 2. The molecule has 2 aromatic carbocycles. The van der Waals surface area contributed by atoms with Crippen LogP contribution in [0.1, 0.15) is 86.9 Å². The fourth-order valence-corrected chi connectivity index (χ4v) is 4.74. The Morgan fingerprint density at radius 2 is 1.17 bits per heavy atom. The van der Waals surface area contributed by atoms with Crippen molar-refractivity contribution in [3.8, 4) is 11.1 Å². The molecule has 2 aromatic rings. The number of rotatable bonds is 17. The summed E-state index contributed by atoms with van der Waals surface area (Å²) in [4.78, 5) is 24.2. The Hall–Kier alpha value is -1.28. The van der Waals surface area contributed by atoms with Crippen LogP contribution in [0.3, 0.4) is 0 Å². The molecule has 4 unspecified atom stereocenters. The molecule has 0 heterocycles. The van der Waals surface area contributed by atoms with Crippen LogP contribution in [0.15, 0.2) is 60.7 Å². The second kappa shape index (κ2) is 25.1.